The zero-order valence-corrected chi connectivity index (χ0v) is 20.6. The Morgan fingerprint density at radius 1 is 0.514 bits per heavy atom. The maximum absolute atomic E-state index is 12.4. The molecule has 0 bridgehead atoms. The van der Waals surface area contributed by atoms with Crippen molar-refractivity contribution >= 4 is 11.9 Å². The smallest absolute Gasteiger partial charge is 0.342 e. The number of hydrogen-bond donors (Lipinski definition) is 0. The Morgan fingerprint density at radius 2 is 0.886 bits per heavy atom. The minimum Gasteiger partial charge on any atom is -0.493 e. The molecule has 0 radical (unpaired) electrons. The van der Waals surface area contributed by atoms with Crippen LogP contribution < -0.4 is 28.4 Å². The topological polar surface area (TPSA) is 117 Å². The molecule has 0 saturated heterocycles. The van der Waals surface area contributed by atoms with Gasteiger partial charge in [0, 0.05) is 0 Å². The van der Waals surface area contributed by atoms with Crippen molar-refractivity contribution in [3.8, 4) is 34.5 Å². The summed E-state index contributed by atoms with van der Waals surface area (Å²) in [4.78, 5) is 24.9. The highest BCUT2D eigenvalue weighted by molar-refractivity contribution is 5.95. The molecule has 0 unspecified atom stereocenters. The maximum atomic E-state index is 12.4. The zero-order valence-electron chi connectivity index (χ0n) is 20.6. The number of carbonyl (C=O) groups excluding carboxylic acids is 2. The minimum atomic E-state index is -0.613. The van der Waals surface area contributed by atoms with E-state index in [-0.39, 0.29) is 60.6 Å². The molecule has 0 fully saturated rings. The lowest BCUT2D eigenvalue weighted by Crippen LogP contribution is -2.16. The first-order valence-electron chi connectivity index (χ1n) is 10.5. The number of rotatable bonds is 14. The van der Waals surface area contributed by atoms with E-state index in [1.807, 2.05) is 0 Å². The van der Waals surface area contributed by atoms with Gasteiger partial charge in [0.05, 0.1) is 55.9 Å². The number of methoxy groups -OCH3 is 6. The summed E-state index contributed by atoms with van der Waals surface area (Å²) < 4.78 is 47.3. The van der Waals surface area contributed by atoms with E-state index in [1.165, 1.54) is 54.8 Å². The summed E-state index contributed by atoms with van der Waals surface area (Å²) in [5, 5.41) is 0. The Labute approximate surface area is 203 Å². The Morgan fingerprint density at radius 3 is 1.20 bits per heavy atom. The van der Waals surface area contributed by atoms with Gasteiger partial charge in [0.15, 0.2) is 23.0 Å². The second-order valence-electron chi connectivity index (χ2n) is 6.65. The van der Waals surface area contributed by atoms with Gasteiger partial charge in [0.25, 0.3) is 0 Å². The van der Waals surface area contributed by atoms with E-state index in [2.05, 4.69) is 0 Å². The molecule has 0 aliphatic carbocycles. The lowest BCUT2D eigenvalue weighted by Gasteiger charge is -2.15. The van der Waals surface area contributed by atoms with Crippen molar-refractivity contribution < 1.29 is 52.2 Å². The van der Waals surface area contributed by atoms with Crippen molar-refractivity contribution in [1.29, 1.82) is 0 Å². The number of benzene rings is 2. The molecule has 11 nitrogen and oxygen atoms in total. The van der Waals surface area contributed by atoms with Crippen molar-refractivity contribution in [1.82, 2.24) is 0 Å². The average molecular weight is 494 g/mol. The van der Waals surface area contributed by atoms with E-state index in [1.54, 1.807) is 12.1 Å². The monoisotopic (exact) mass is 494 g/mol. The summed E-state index contributed by atoms with van der Waals surface area (Å²) in [7, 11) is 8.67. The predicted octanol–water partition coefficient (Wildman–Crippen LogP) is 2.77. The van der Waals surface area contributed by atoms with Crippen molar-refractivity contribution in [3.63, 3.8) is 0 Å². The summed E-state index contributed by atoms with van der Waals surface area (Å²) in [5.74, 6) is 0.596. The average Bonchev–Trinajstić information content (AvgIpc) is 2.89. The van der Waals surface area contributed by atoms with Crippen LogP contribution in [0.25, 0.3) is 0 Å². The standard InChI is InChI=1S/C24H30O11/c1-27-17-9-7-15(19(29-3)21(17)31-5)23(25)34-13-11-33-12-14-35-24(26)16-8-10-18(28-2)22(32-6)20(16)30-4/h7-10H,11-14H2,1-6H3. The van der Waals surface area contributed by atoms with E-state index in [0.717, 1.165) is 0 Å². The van der Waals surface area contributed by atoms with Crippen LogP contribution in [0.5, 0.6) is 34.5 Å². The molecular weight excluding hydrogens is 464 g/mol. The predicted molar refractivity (Wildman–Crippen MR) is 124 cm³/mol. The quantitative estimate of drug-likeness (QED) is 0.285. The molecule has 11 heteroatoms. The van der Waals surface area contributed by atoms with Crippen LogP contribution in [-0.4, -0.2) is 81.0 Å². The molecule has 2 aromatic carbocycles. The second-order valence-corrected chi connectivity index (χ2v) is 6.65. The molecule has 192 valence electrons. The third kappa shape index (κ3) is 6.60. The van der Waals surface area contributed by atoms with Crippen LogP contribution in [0.3, 0.4) is 0 Å². The summed E-state index contributed by atoms with van der Waals surface area (Å²) in [6.07, 6.45) is 0. The van der Waals surface area contributed by atoms with E-state index in [9.17, 15) is 9.59 Å². The molecule has 2 rings (SSSR count). The molecule has 0 aromatic heterocycles. The maximum Gasteiger partial charge on any atom is 0.342 e. The fourth-order valence-corrected chi connectivity index (χ4v) is 3.17. The van der Waals surface area contributed by atoms with Crippen LogP contribution in [0.15, 0.2) is 24.3 Å². The van der Waals surface area contributed by atoms with Crippen molar-refractivity contribution in [3.05, 3.63) is 35.4 Å². The summed E-state index contributed by atoms with van der Waals surface area (Å²) in [6.45, 7) is 0.151. The third-order valence-electron chi connectivity index (χ3n) is 4.77. The number of ether oxygens (including phenoxy) is 9. The zero-order chi connectivity index (χ0) is 25.8. The van der Waals surface area contributed by atoms with Gasteiger partial charge in [-0.25, -0.2) is 9.59 Å². The van der Waals surface area contributed by atoms with E-state index < -0.39 is 11.9 Å². The number of hydrogen-bond acceptors (Lipinski definition) is 11. The largest absolute Gasteiger partial charge is 0.493 e. The Hall–Kier alpha value is -3.86. The molecule has 0 amide bonds. The minimum absolute atomic E-state index is 0.0201. The van der Waals surface area contributed by atoms with Crippen LogP contribution in [0.1, 0.15) is 20.7 Å². The highest BCUT2D eigenvalue weighted by Gasteiger charge is 2.23. The van der Waals surface area contributed by atoms with Gasteiger partial charge in [-0.05, 0) is 24.3 Å². The summed E-state index contributed by atoms with van der Waals surface area (Å²) in [5.41, 5.74) is 0.367. The van der Waals surface area contributed by atoms with Crippen LogP contribution in [-0.2, 0) is 14.2 Å². The van der Waals surface area contributed by atoms with Crippen molar-refractivity contribution in [2.24, 2.45) is 0 Å². The Bertz CT molecular complexity index is 924. The normalized spacial score (nSPS) is 10.2. The fraction of sp³-hybridized carbons (Fsp3) is 0.417. The van der Waals surface area contributed by atoms with E-state index >= 15 is 0 Å². The third-order valence-corrected chi connectivity index (χ3v) is 4.77. The molecule has 2 aromatic rings. The van der Waals surface area contributed by atoms with Gasteiger partial charge in [-0.3, -0.25) is 0 Å². The second kappa shape index (κ2) is 13.8. The molecular formula is C24H30O11. The first-order valence-corrected chi connectivity index (χ1v) is 10.5. The lowest BCUT2D eigenvalue weighted by molar-refractivity contribution is 0.0148. The van der Waals surface area contributed by atoms with Gasteiger partial charge in [0.1, 0.15) is 24.3 Å². The molecule has 35 heavy (non-hydrogen) atoms. The van der Waals surface area contributed by atoms with E-state index in [0.29, 0.717) is 11.5 Å². The molecule has 0 spiro atoms. The highest BCUT2D eigenvalue weighted by Crippen LogP contribution is 2.40. The van der Waals surface area contributed by atoms with Crippen LogP contribution in [0.2, 0.25) is 0 Å². The van der Waals surface area contributed by atoms with Crippen molar-refractivity contribution in [2.75, 3.05) is 69.1 Å². The van der Waals surface area contributed by atoms with Gasteiger partial charge in [-0.1, -0.05) is 0 Å². The molecule has 0 heterocycles. The molecule has 0 atom stereocenters. The molecule has 0 aliphatic heterocycles. The van der Waals surface area contributed by atoms with Gasteiger partial charge >= 0.3 is 11.9 Å². The molecule has 0 N–H and O–H groups in total. The lowest BCUT2D eigenvalue weighted by atomic mass is 10.1. The number of esters is 2. The summed E-state index contributed by atoms with van der Waals surface area (Å²) in [6, 6.07) is 6.20. The van der Waals surface area contributed by atoms with Gasteiger partial charge < -0.3 is 42.6 Å². The molecule has 0 saturated carbocycles. The van der Waals surface area contributed by atoms with Gasteiger partial charge in [-0.2, -0.15) is 0 Å². The SMILES string of the molecule is COc1ccc(C(=O)OCCOCCOC(=O)c2ccc(OC)c(OC)c2OC)c(OC)c1OC. The summed E-state index contributed by atoms with van der Waals surface area (Å²) >= 11 is 0. The first-order chi connectivity index (χ1) is 17.0. The van der Waals surface area contributed by atoms with Crippen LogP contribution in [0.4, 0.5) is 0 Å². The van der Waals surface area contributed by atoms with Crippen molar-refractivity contribution in [2.45, 2.75) is 0 Å². The Balaban J connectivity index is 1.81. The number of carbonyl (C=O) groups is 2. The van der Waals surface area contributed by atoms with Crippen LogP contribution in [0, 0.1) is 0 Å². The highest BCUT2D eigenvalue weighted by atomic mass is 16.6. The Kier molecular flexibility index (Phi) is 10.8. The van der Waals surface area contributed by atoms with Crippen LogP contribution >= 0.6 is 0 Å². The molecule has 0 aliphatic rings. The fourth-order valence-electron chi connectivity index (χ4n) is 3.17. The first kappa shape index (κ1) is 27.4. The van der Waals surface area contributed by atoms with Gasteiger partial charge in [-0.15, -0.1) is 0 Å². The van der Waals surface area contributed by atoms with E-state index in [4.69, 9.17) is 42.6 Å². The van der Waals surface area contributed by atoms with Gasteiger partial charge in [0.2, 0.25) is 11.5 Å².